The molecule has 2 heterocycles. The zero-order valence-corrected chi connectivity index (χ0v) is 12.9. The molecule has 0 radical (unpaired) electrons. The number of carbonyl (C=O) groups excluding carboxylic acids is 1. The number of halogens is 2. The van der Waals surface area contributed by atoms with Gasteiger partial charge in [-0.1, -0.05) is 23.2 Å². The third kappa shape index (κ3) is 4.30. The van der Waals surface area contributed by atoms with E-state index in [9.17, 15) is 4.79 Å². The van der Waals surface area contributed by atoms with Gasteiger partial charge in [0.05, 0.1) is 5.56 Å². The first-order valence-corrected chi connectivity index (χ1v) is 7.47. The highest BCUT2D eigenvalue weighted by Crippen LogP contribution is 2.19. The molecule has 1 aromatic heterocycles. The van der Waals surface area contributed by atoms with E-state index in [0.717, 1.165) is 19.5 Å². The largest absolute Gasteiger partial charge is 0.352 e. The standard InChI is InChI=1S/C13H18Cl2N4O/c1-19-6-3-9(4-7-19)2-5-16-13(20)10-8-11(14)17-18-12(10)15/h8-9H,2-7H2,1H3,(H,16,20). The molecule has 20 heavy (non-hydrogen) atoms. The Kier molecular flexibility index (Phi) is 5.57. The molecule has 1 saturated heterocycles. The Morgan fingerprint density at radius 3 is 2.80 bits per heavy atom. The number of hydrogen-bond donors (Lipinski definition) is 1. The van der Waals surface area contributed by atoms with E-state index in [1.54, 1.807) is 0 Å². The Balaban J connectivity index is 1.79. The molecule has 1 aliphatic rings. The average molecular weight is 317 g/mol. The maximum Gasteiger partial charge on any atom is 0.254 e. The highest BCUT2D eigenvalue weighted by molar-refractivity contribution is 6.34. The second-order valence-corrected chi connectivity index (χ2v) is 5.91. The number of carbonyl (C=O) groups is 1. The van der Waals surface area contributed by atoms with Crippen LogP contribution in [0, 0.1) is 5.92 Å². The van der Waals surface area contributed by atoms with Crippen LogP contribution in [0.1, 0.15) is 29.6 Å². The number of rotatable bonds is 4. The van der Waals surface area contributed by atoms with Crippen molar-refractivity contribution in [3.8, 4) is 0 Å². The SMILES string of the molecule is CN1CCC(CCNC(=O)c2cc(Cl)nnc2Cl)CC1. The molecular formula is C13H18Cl2N4O. The summed E-state index contributed by atoms with van der Waals surface area (Å²) in [4.78, 5) is 14.3. The predicted molar refractivity (Wildman–Crippen MR) is 79.2 cm³/mol. The number of nitrogens with one attached hydrogen (secondary N) is 1. The molecule has 0 saturated carbocycles. The topological polar surface area (TPSA) is 58.1 Å². The van der Waals surface area contributed by atoms with E-state index in [0.29, 0.717) is 12.5 Å². The van der Waals surface area contributed by atoms with Gasteiger partial charge in [0.15, 0.2) is 10.3 Å². The smallest absolute Gasteiger partial charge is 0.254 e. The highest BCUT2D eigenvalue weighted by Gasteiger charge is 2.17. The van der Waals surface area contributed by atoms with Crippen LogP contribution in [0.25, 0.3) is 0 Å². The van der Waals surface area contributed by atoms with E-state index in [2.05, 4.69) is 27.5 Å². The zero-order valence-electron chi connectivity index (χ0n) is 11.4. The summed E-state index contributed by atoms with van der Waals surface area (Å²) in [7, 11) is 2.14. The van der Waals surface area contributed by atoms with Gasteiger partial charge in [0.25, 0.3) is 5.91 Å². The lowest BCUT2D eigenvalue weighted by Gasteiger charge is -2.28. The third-order valence-corrected chi connectivity index (χ3v) is 4.10. The summed E-state index contributed by atoms with van der Waals surface area (Å²) in [6.45, 7) is 2.91. The van der Waals surface area contributed by atoms with Crippen molar-refractivity contribution in [2.24, 2.45) is 5.92 Å². The minimum Gasteiger partial charge on any atom is -0.352 e. The zero-order chi connectivity index (χ0) is 14.5. The fraction of sp³-hybridized carbons (Fsp3) is 0.615. The van der Waals surface area contributed by atoms with Crippen molar-refractivity contribution in [1.29, 1.82) is 0 Å². The van der Waals surface area contributed by atoms with Crippen molar-refractivity contribution in [3.05, 3.63) is 21.9 Å². The van der Waals surface area contributed by atoms with E-state index < -0.39 is 0 Å². The monoisotopic (exact) mass is 316 g/mol. The van der Waals surface area contributed by atoms with E-state index in [1.807, 2.05) is 0 Å². The predicted octanol–water partition coefficient (Wildman–Crippen LogP) is 2.25. The van der Waals surface area contributed by atoms with Crippen LogP contribution >= 0.6 is 23.2 Å². The molecule has 0 spiro atoms. The lowest BCUT2D eigenvalue weighted by molar-refractivity contribution is 0.0948. The number of hydrogen-bond acceptors (Lipinski definition) is 4. The average Bonchev–Trinajstić information content (AvgIpc) is 2.43. The van der Waals surface area contributed by atoms with Gasteiger partial charge in [0.2, 0.25) is 0 Å². The van der Waals surface area contributed by atoms with Gasteiger partial charge < -0.3 is 10.2 Å². The number of piperidine rings is 1. The molecule has 1 aliphatic heterocycles. The molecule has 1 amide bonds. The molecule has 0 atom stereocenters. The van der Waals surface area contributed by atoms with Gasteiger partial charge in [-0.15, -0.1) is 10.2 Å². The second-order valence-electron chi connectivity index (χ2n) is 5.16. The highest BCUT2D eigenvalue weighted by atomic mass is 35.5. The normalized spacial score (nSPS) is 17.1. The van der Waals surface area contributed by atoms with Gasteiger partial charge in [0, 0.05) is 6.54 Å². The molecule has 2 rings (SSSR count). The van der Waals surface area contributed by atoms with Crippen molar-refractivity contribution >= 4 is 29.1 Å². The number of amides is 1. The molecule has 5 nitrogen and oxygen atoms in total. The Morgan fingerprint density at radius 2 is 2.10 bits per heavy atom. The first-order chi connectivity index (χ1) is 9.56. The first kappa shape index (κ1) is 15.5. The van der Waals surface area contributed by atoms with Crippen molar-refractivity contribution in [1.82, 2.24) is 20.4 Å². The van der Waals surface area contributed by atoms with Gasteiger partial charge >= 0.3 is 0 Å². The minimum atomic E-state index is -0.250. The molecule has 0 unspecified atom stereocenters. The van der Waals surface area contributed by atoms with Crippen LogP contribution in [0.5, 0.6) is 0 Å². The summed E-state index contributed by atoms with van der Waals surface area (Å²) in [6, 6.07) is 1.43. The lowest BCUT2D eigenvalue weighted by Crippen LogP contribution is -2.32. The second kappa shape index (κ2) is 7.20. The number of nitrogens with zero attached hydrogens (tertiary/aromatic N) is 3. The summed E-state index contributed by atoms with van der Waals surface area (Å²) < 4.78 is 0. The maximum atomic E-state index is 12.0. The third-order valence-electron chi connectivity index (χ3n) is 3.64. The lowest BCUT2D eigenvalue weighted by atomic mass is 9.94. The fourth-order valence-corrected chi connectivity index (χ4v) is 2.67. The Labute approximate surface area is 128 Å². The van der Waals surface area contributed by atoms with Gasteiger partial charge in [-0.25, -0.2) is 0 Å². The van der Waals surface area contributed by atoms with Gasteiger partial charge in [-0.2, -0.15) is 0 Å². The van der Waals surface area contributed by atoms with Gasteiger partial charge in [-0.3, -0.25) is 4.79 Å². The summed E-state index contributed by atoms with van der Waals surface area (Å²) in [6.07, 6.45) is 3.37. The van der Waals surface area contributed by atoms with Crippen molar-refractivity contribution in [2.45, 2.75) is 19.3 Å². The summed E-state index contributed by atoms with van der Waals surface area (Å²) >= 11 is 11.5. The molecule has 0 aliphatic carbocycles. The van der Waals surface area contributed by atoms with E-state index in [4.69, 9.17) is 23.2 Å². The van der Waals surface area contributed by atoms with Crippen LogP contribution in [-0.4, -0.2) is 47.7 Å². The van der Waals surface area contributed by atoms with Gasteiger partial charge in [-0.05, 0) is 51.4 Å². The first-order valence-electron chi connectivity index (χ1n) is 6.71. The van der Waals surface area contributed by atoms with Crippen LogP contribution in [0.3, 0.4) is 0 Å². The van der Waals surface area contributed by atoms with Crippen LogP contribution < -0.4 is 5.32 Å². The minimum absolute atomic E-state index is 0.0752. The van der Waals surface area contributed by atoms with E-state index in [-0.39, 0.29) is 21.8 Å². The van der Waals surface area contributed by atoms with Crippen LogP contribution in [0.15, 0.2) is 6.07 Å². The maximum absolute atomic E-state index is 12.0. The Bertz CT molecular complexity index is 475. The summed E-state index contributed by atoms with van der Waals surface area (Å²) in [5, 5.41) is 10.3. The van der Waals surface area contributed by atoms with E-state index in [1.165, 1.54) is 18.9 Å². The molecule has 1 N–H and O–H groups in total. The van der Waals surface area contributed by atoms with Gasteiger partial charge in [0.1, 0.15) is 0 Å². The fourth-order valence-electron chi connectivity index (χ4n) is 2.35. The molecule has 7 heteroatoms. The summed E-state index contributed by atoms with van der Waals surface area (Å²) in [5.41, 5.74) is 0.273. The van der Waals surface area contributed by atoms with E-state index >= 15 is 0 Å². The van der Waals surface area contributed by atoms with Crippen molar-refractivity contribution in [3.63, 3.8) is 0 Å². The summed E-state index contributed by atoms with van der Waals surface area (Å²) in [5.74, 6) is 0.431. The van der Waals surface area contributed by atoms with Crippen LogP contribution in [0.2, 0.25) is 10.3 Å². The van der Waals surface area contributed by atoms with Crippen molar-refractivity contribution < 1.29 is 4.79 Å². The molecule has 1 aromatic rings. The van der Waals surface area contributed by atoms with Crippen molar-refractivity contribution in [2.75, 3.05) is 26.7 Å². The molecule has 110 valence electrons. The Morgan fingerprint density at radius 1 is 1.40 bits per heavy atom. The van der Waals surface area contributed by atoms with Crippen LogP contribution in [0.4, 0.5) is 0 Å². The Hall–Kier alpha value is -0.910. The van der Waals surface area contributed by atoms with Crippen LogP contribution in [-0.2, 0) is 0 Å². The molecule has 1 fully saturated rings. The number of aromatic nitrogens is 2. The molecule has 0 aromatic carbocycles. The molecule has 0 bridgehead atoms. The quantitative estimate of drug-likeness (QED) is 0.925. The molecular weight excluding hydrogens is 299 g/mol. The number of likely N-dealkylation sites (tertiary alicyclic amines) is 1.